The molecule has 4 rings (SSSR count). The van der Waals surface area contributed by atoms with Crippen LogP contribution < -0.4 is 10.6 Å². The van der Waals surface area contributed by atoms with Crippen LogP contribution in [0.25, 0.3) is 0 Å². The summed E-state index contributed by atoms with van der Waals surface area (Å²) in [5.41, 5.74) is 8.31. The van der Waals surface area contributed by atoms with Gasteiger partial charge in [-0.05, 0) is 92.2 Å². The van der Waals surface area contributed by atoms with Gasteiger partial charge in [0.2, 0.25) is 0 Å². The van der Waals surface area contributed by atoms with Gasteiger partial charge >= 0.3 is 6.03 Å². The highest BCUT2D eigenvalue weighted by atomic mass is 19.1. The number of aliphatic hydroxyl groups is 1. The molecule has 0 aromatic heterocycles. The molecule has 1 heterocycles. The zero-order chi connectivity index (χ0) is 25.5. The van der Waals surface area contributed by atoms with Crippen molar-refractivity contribution in [1.29, 1.82) is 0 Å². The smallest absolute Gasteiger partial charge is 0.319 e. The van der Waals surface area contributed by atoms with E-state index in [-0.39, 0.29) is 18.4 Å². The van der Waals surface area contributed by atoms with Crippen molar-refractivity contribution in [2.75, 3.05) is 24.5 Å². The number of nitrogens with zero attached hydrogens (tertiary/aromatic N) is 2. The van der Waals surface area contributed by atoms with Crippen molar-refractivity contribution in [2.24, 2.45) is 11.7 Å². The predicted octanol–water partition coefficient (Wildman–Crippen LogP) is 4.78. The first-order chi connectivity index (χ1) is 17.4. The van der Waals surface area contributed by atoms with Crippen molar-refractivity contribution in [3.63, 3.8) is 0 Å². The highest BCUT2D eigenvalue weighted by Crippen LogP contribution is 2.26. The lowest BCUT2D eigenvalue weighted by atomic mass is 9.88. The zero-order valence-corrected chi connectivity index (χ0v) is 20.3. The Bertz CT molecular complexity index is 1100. The summed E-state index contributed by atoms with van der Waals surface area (Å²) in [6.07, 6.45) is 2.59. The van der Waals surface area contributed by atoms with Crippen molar-refractivity contribution in [3.8, 4) is 0 Å². The van der Waals surface area contributed by atoms with Crippen molar-refractivity contribution in [1.82, 2.24) is 4.90 Å². The van der Waals surface area contributed by atoms with Gasteiger partial charge in [0.1, 0.15) is 11.6 Å². The molecule has 5 nitrogen and oxygen atoms in total. The van der Waals surface area contributed by atoms with Gasteiger partial charge < -0.3 is 10.8 Å². The number of aliphatic hydroxyl groups excluding tert-OH is 1. The van der Waals surface area contributed by atoms with Crippen LogP contribution in [0.3, 0.4) is 0 Å². The lowest BCUT2D eigenvalue weighted by Crippen LogP contribution is -2.53. The molecule has 0 spiro atoms. The SMILES string of the molecule is NC(=O)N(CC(O)C(Cc1ccccc1)N1CCC(Cc2ccc(F)cc2)CC1)c1ccc(F)cc1. The molecule has 2 atom stereocenters. The number of carbonyl (C=O) groups excluding carboxylic acids is 1. The number of hydrogen-bond donors (Lipinski definition) is 2. The van der Waals surface area contributed by atoms with Crippen molar-refractivity contribution >= 4 is 11.7 Å². The Hall–Kier alpha value is -3.29. The van der Waals surface area contributed by atoms with Crippen LogP contribution in [0, 0.1) is 17.6 Å². The summed E-state index contributed by atoms with van der Waals surface area (Å²) in [6.45, 7) is 1.63. The van der Waals surface area contributed by atoms with Crippen LogP contribution in [0.1, 0.15) is 24.0 Å². The monoisotopic (exact) mass is 493 g/mol. The van der Waals surface area contributed by atoms with Gasteiger partial charge in [-0.2, -0.15) is 0 Å². The van der Waals surface area contributed by atoms with E-state index in [2.05, 4.69) is 4.90 Å². The number of halogens is 2. The first kappa shape index (κ1) is 25.8. The maximum atomic E-state index is 13.4. The Morgan fingerprint density at radius 3 is 2.08 bits per heavy atom. The minimum atomic E-state index is -0.864. The minimum absolute atomic E-state index is 0.00791. The Balaban J connectivity index is 1.46. The average molecular weight is 494 g/mol. The van der Waals surface area contributed by atoms with Crippen molar-refractivity contribution in [3.05, 3.63) is 102 Å². The van der Waals surface area contributed by atoms with E-state index in [0.717, 1.165) is 43.5 Å². The van der Waals surface area contributed by atoms with Gasteiger partial charge in [-0.1, -0.05) is 42.5 Å². The molecule has 0 bridgehead atoms. The number of carbonyl (C=O) groups is 1. The molecule has 0 radical (unpaired) electrons. The first-order valence-corrected chi connectivity index (χ1v) is 12.4. The van der Waals surface area contributed by atoms with Crippen LogP contribution in [-0.4, -0.2) is 47.8 Å². The zero-order valence-electron chi connectivity index (χ0n) is 20.3. The molecule has 36 heavy (non-hydrogen) atoms. The number of primary amides is 1. The summed E-state index contributed by atoms with van der Waals surface area (Å²) in [6, 6.07) is 21.3. The highest BCUT2D eigenvalue weighted by Gasteiger charge is 2.32. The average Bonchev–Trinajstić information content (AvgIpc) is 2.89. The Labute approximate surface area is 211 Å². The number of urea groups is 1. The summed E-state index contributed by atoms with van der Waals surface area (Å²) >= 11 is 0. The number of rotatable bonds is 9. The third-order valence-electron chi connectivity index (χ3n) is 7.06. The molecule has 3 aromatic carbocycles. The van der Waals surface area contributed by atoms with E-state index in [1.54, 1.807) is 0 Å². The van der Waals surface area contributed by atoms with Gasteiger partial charge in [0.15, 0.2) is 0 Å². The van der Waals surface area contributed by atoms with E-state index >= 15 is 0 Å². The van der Waals surface area contributed by atoms with Crippen LogP contribution in [0.15, 0.2) is 78.9 Å². The lowest BCUT2D eigenvalue weighted by molar-refractivity contribution is 0.0334. The van der Waals surface area contributed by atoms with Crippen LogP contribution in [0.5, 0.6) is 0 Å². The number of amides is 2. The quantitative estimate of drug-likeness (QED) is 0.451. The van der Waals surface area contributed by atoms with Gasteiger partial charge in [0.25, 0.3) is 0 Å². The highest BCUT2D eigenvalue weighted by molar-refractivity contribution is 5.90. The molecule has 1 aliphatic rings. The van der Waals surface area contributed by atoms with Gasteiger partial charge in [-0.3, -0.25) is 9.80 Å². The van der Waals surface area contributed by atoms with Crippen molar-refractivity contribution < 1.29 is 18.7 Å². The molecule has 190 valence electrons. The second kappa shape index (κ2) is 12.1. The molecule has 1 fully saturated rings. The molecule has 1 saturated heterocycles. The minimum Gasteiger partial charge on any atom is -0.390 e. The second-order valence-corrected chi connectivity index (χ2v) is 9.56. The van der Waals surface area contributed by atoms with Gasteiger partial charge in [-0.15, -0.1) is 0 Å². The molecule has 0 aliphatic carbocycles. The van der Waals surface area contributed by atoms with E-state index in [9.17, 15) is 18.7 Å². The standard InChI is InChI=1S/C29H33F2N3O2/c30-24-8-6-22(7-9-24)18-23-14-16-33(17-15-23)27(19-21-4-2-1-3-5-21)28(35)20-34(29(32)36)26-12-10-25(31)11-13-26/h1-13,23,27-28,35H,14-20H2,(H2,32,36). The fourth-order valence-corrected chi connectivity index (χ4v) is 5.06. The van der Waals surface area contributed by atoms with Crippen LogP contribution in [0.2, 0.25) is 0 Å². The van der Waals surface area contributed by atoms with Gasteiger partial charge in [0.05, 0.1) is 12.6 Å². The molecule has 2 unspecified atom stereocenters. The fourth-order valence-electron chi connectivity index (χ4n) is 5.06. The summed E-state index contributed by atoms with van der Waals surface area (Å²) in [7, 11) is 0. The van der Waals surface area contributed by atoms with Crippen LogP contribution in [-0.2, 0) is 12.8 Å². The summed E-state index contributed by atoms with van der Waals surface area (Å²) in [5.74, 6) is -0.145. The number of benzene rings is 3. The number of likely N-dealkylation sites (tertiary alicyclic amines) is 1. The Morgan fingerprint density at radius 2 is 1.50 bits per heavy atom. The largest absolute Gasteiger partial charge is 0.390 e. The number of piperidine rings is 1. The first-order valence-electron chi connectivity index (χ1n) is 12.4. The molecule has 7 heteroatoms. The van der Waals surface area contributed by atoms with Crippen LogP contribution >= 0.6 is 0 Å². The van der Waals surface area contributed by atoms with Gasteiger partial charge in [-0.25, -0.2) is 13.6 Å². The summed E-state index contributed by atoms with van der Waals surface area (Å²) in [5, 5.41) is 11.4. The van der Waals surface area contributed by atoms with Gasteiger partial charge in [0, 0.05) is 11.7 Å². The summed E-state index contributed by atoms with van der Waals surface area (Å²) < 4.78 is 26.7. The Kier molecular flexibility index (Phi) is 8.67. The van der Waals surface area contributed by atoms with E-state index < -0.39 is 18.0 Å². The van der Waals surface area contributed by atoms with E-state index in [1.807, 2.05) is 42.5 Å². The normalized spacial score (nSPS) is 16.4. The molecular formula is C29H33F2N3O2. The number of nitrogens with two attached hydrogens (primary N) is 1. The maximum absolute atomic E-state index is 13.4. The van der Waals surface area contributed by atoms with Crippen LogP contribution in [0.4, 0.5) is 19.3 Å². The van der Waals surface area contributed by atoms with E-state index in [0.29, 0.717) is 18.0 Å². The predicted molar refractivity (Wildman–Crippen MR) is 138 cm³/mol. The molecular weight excluding hydrogens is 460 g/mol. The maximum Gasteiger partial charge on any atom is 0.319 e. The molecule has 3 aromatic rings. The summed E-state index contributed by atoms with van der Waals surface area (Å²) in [4.78, 5) is 15.8. The lowest BCUT2D eigenvalue weighted by Gasteiger charge is -2.41. The van der Waals surface area contributed by atoms with E-state index in [1.165, 1.54) is 41.3 Å². The topological polar surface area (TPSA) is 69.8 Å². The molecule has 2 amide bonds. The fraction of sp³-hybridized carbons (Fsp3) is 0.345. The second-order valence-electron chi connectivity index (χ2n) is 9.56. The third kappa shape index (κ3) is 6.89. The van der Waals surface area contributed by atoms with E-state index in [4.69, 9.17) is 5.73 Å². The molecule has 3 N–H and O–H groups in total. The molecule has 0 saturated carbocycles. The Morgan fingerprint density at radius 1 is 0.917 bits per heavy atom. The van der Waals surface area contributed by atoms with Crippen molar-refractivity contribution in [2.45, 2.75) is 37.8 Å². The third-order valence-corrected chi connectivity index (χ3v) is 7.06. The molecule has 1 aliphatic heterocycles. The number of anilines is 1. The number of hydrogen-bond acceptors (Lipinski definition) is 3.